The number of aliphatic imine (C=N–C) groups is 1. The molecule has 2 aromatic carbocycles. The van der Waals surface area contributed by atoms with Crippen molar-refractivity contribution in [1.29, 1.82) is 0 Å². The van der Waals surface area contributed by atoms with Gasteiger partial charge >= 0.3 is 5.97 Å². The van der Waals surface area contributed by atoms with Gasteiger partial charge in [-0.1, -0.05) is 54.5 Å². The van der Waals surface area contributed by atoms with Crippen molar-refractivity contribution in [3.8, 4) is 11.1 Å². The molecule has 0 spiro atoms. The normalized spacial score (nSPS) is 12.6. The van der Waals surface area contributed by atoms with Crippen molar-refractivity contribution < 1.29 is 18.8 Å². The number of carboxylic acid groups (broad SMARTS) is 1. The van der Waals surface area contributed by atoms with E-state index in [1.807, 2.05) is 37.3 Å². The zero-order valence-electron chi connectivity index (χ0n) is 15.8. The Morgan fingerprint density at radius 3 is 2.69 bits per heavy atom. The Balaban J connectivity index is 1.64. The lowest BCUT2D eigenvalue weighted by Gasteiger charge is -2.09. The zero-order chi connectivity index (χ0) is 20.8. The SMILES string of the molecule is CC(Cc1ccc(-c2ccccc2F)cc1)c1cc(N=C(N)NCC(=O)O)on1. The van der Waals surface area contributed by atoms with E-state index < -0.39 is 5.97 Å². The van der Waals surface area contributed by atoms with Crippen LogP contribution in [0.5, 0.6) is 0 Å². The predicted octanol–water partition coefficient (Wildman–Crippen LogP) is 3.45. The summed E-state index contributed by atoms with van der Waals surface area (Å²) in [5.74, 6) is -1.11. The molecule has 7 nitrogen and oxygen atoms in total. The topological polar surface area (TPSA) is 114 Å². The van der Waals surface area contributed by atoms with Crippen LogP contribution in [-0.2, 0) is 11.2 Å². The molecule has 1 atom stereocenters. The van der Waals surface area contributed by atoms with Crippen LogP contribution in [0.25, 0.3) is 11.1 Å². The number of guanidine groups is 1. The van der Waals surface area contributed by atoms with E-state index in [4.69, 9.17) is 15.4 Å². The lowest BCUT2D eigenvalue weighted by atomic mass is 9.96. The van der Waals surface area contributed by atoms with Gasteiger partial charge in [0, 0.05) is 17.5 Å². The van der Waals surface area contributed by atoms with Gasteiger partial charge in [0.15, 0.2) is 5.96 Å². The molecule has 150 valence electrons. The minimum Gasteiger partial charge on any atom is -0.480 e. The first-order valence-corrected chi connectivity index (χ1v) is 9.02. The highest BCUT2D eigenvalue weighted by atomic mass is 19.1. The summed E-state index contributed by atoms with van der Waals surface area (Å²) in [6, 6.07) is 16.1. The Kier molecular flexibility index (Phi) is 6.23. The summed E-state index contributed by atoms with van der Waals surface area (Å²) in [6.45, 7) is 1.66. The highest BCUT2D eigenvalue weighted by Gasteiger charge is 2.13. The van der Waals surface area contributed by atoms with Crippen LogP contribution in [-0.4, -0.2) is 28.7 Å². The molecule has 0 saturated heterocycles. The van der Waals surface area contributed by atoms with Gasteiger partial charge in [-0.15, -0.1) is 0 Å². The number of carboxylic acids is 1. The average molecular weight is 396 g/mol. The second-order valence-electron chi connectivity index (χ2n) is 6.62. The van der Waals surface area contributed by atoms with Crippen molar-refractivity contribution in [2.75, 3.05) is 6.54 Å². The van der Waals surface area contributed by atoms with E-state index in [2.05, 4.69) is 15.5 Å². The molecule has 1 aromatic heterocycles. The summed E-state index contributed by atoms with van der Waals surface area (Å²) in [5.41, 5.74) is 8.77. The molecule has 8 heteroatoms. The number of rotatable bonds is 7. The molecule has 0 saturated carbocycles. The highest BCUT2D eigenvalue weighted by molar-refractivity contribution is 5.83. The monoisotopic (exact) mass is 396 g/mol. The van der Waals surface area contributed by atoms with Crippen LogP contribution in [0, 0.1) is 5.82 Å². The molecule has 1 unspecified atom stereocenters. The Morgan fingerprint density at radius 1 is 1.28 bits per heavy atom. The third-order valence-electron chi connectivity index (χ3n) is 4.35. The first-order valence-electron chi connectivity index (χ1n) is 9.02. The summed E-state index contributed by atoms with van der Waals surface area (Å²) < 4.78 is 19.1. The van der Waals surface area contributed by atoms with E-state index in [-0.39, 0.29) is 30.1 Å². The molecule has 4 N–H and O–H groups in total. The summed E-state index contributed by atoms with van der Waals surface area (Å²) in [5, 5.41) is 15.1. The molecule has 29 heavy (non-hydrogen) atoms. The minimum atomic E-state index is -1.05. The third-order valence-corrected chi connectivity index (χ3v) is 4.35. The van der Waals surface area contributed by atoms with E-state index >= 15 is 0 Å². The van der Waals surface area contributed by atoms with Gasteiger partial charge < -0.3 is 20.7 Å². The number of halogens is 1. The minimum absolute atomic E-state index is 0.0511. The van der Waals surface area contributed by atoms with Crippen LogP contribution in [0.4, 0.5) is 10.3 Å². The van der Waals surface area contributed by atoms with Crippen molar-refractivity contribution in [3.63, 3.8) is 0 Å². The molecule has 0 radical (unpaired) electrons. The molecule has 0 amide bonds. The summed E-state index contributed by atoms with van der Waals surface area (Å²) in [7, 11) is 0. The fraction of sp³-hybridized carbons (Fsp3) is 0.190. The number of carbonyl (C=O) groups is 1. The Hall–Kier alpha value is -3.68. The zero-order valence-corrected chi connectivity index (χ0v) is 15.8. The van der Waals surface area contributed by atoms with Crippen molar-refractivity contribution in [3.05, 3.63) is 71.7 Å². The summed E-state index contributed by atoms with van der Waals surface area (Å²) in [4.78, 5) is 14.5. The summed E-state index contributed by atoms with van der Waals surface area (Å²) >= 11 is 0. The van der Waals surface area contributed by atoms with Gasteiger partial charge in [-0.05, 0) is 23.6 Å². The lowest BCUT2D eigenvalue weighted by Crippen LogP contribution is -2.35. The van der Waals surface area contributed by atoms with Crippen molar-refractivity contribution >= 4 is 17.8 Å². The van der Waals surface area contributed by atoms with E-state index in [1.165, 1.54) is 6.07 Å². The average Bonchev–Trinajstić information content (AvgIpc) is 3.16. The van der Waals surface area contributed by atoms with Crippen LogP contribution in [0.2, 0.25) is 0 Å². The van der Waals surface area contributed by atoms with Gasteiger partial charge in [-0.25, -0.2) is 4.39 Å². The first kappa shape index (κ1) is 20.1. The number of nitrogens with two attached hydrogens (primary N) is 1. The van der Waals surface area contributed by atoms with Gasteiger partial charge in [0.1, 0.15) is 12.4 Å². The third kappa shape index (κ3) is 5.41. The maximum Gasteiger partial charge on any atom is 0.322 e. The molecule has 0 fully saturated rings. The molecular weight excluding hydrogens is 375 g/mol. The Morgan fingerprint density at radius 2 is 2.00 bits per heavy atom. The van der Waals surface area contributed by atoms with Gasteiger partial charge in [-0.3, -0.25) is 4.79 Å². The van der Waals surface area contributed by atoms with Gasteiger partial charge in [-0.2, -0.15) is 4.99 Å². The highest BCUT2D eigenvalue weighted by Crippen LogP contribution is 2.26. The molecule has 0 aliphatic carbocycles. The fourth-order valence-corrected chi connectivity index (χ4v) is 2.86. The van der Waals surface area contributed by atoms with Gasteiger partial charge in [0.25, 0.3) is 5.88 Å². The largest absolute Gasteiger partial charge is 0.480 e. The first-order chi connectivity index (χ1) is 13.9. The maximum atomic E-state index is 13.9. The standard InChI is InChI=1S/C21H21FN4O3/c1-13(18-11-19(29-26-18)25-21(23)24-12-20(27)28)10-14-6-8-15(9-7-14)16-4-2-3-5-17(16)22/h2-9,11,13H,10,12H2,1H3,(H,27,28)(H3,23,24,25). The van der Waals surface area contributed by atoms with Crippen LogP contribution < -0.4 is 11.1 Å². The molecule has 1 heterocycles. The Bertz CT molecular complexity index is 1010. The van der Waals surface area contributed by atoms with E-state index in [1.54, 1.807) is 18.2 Å². The van der Waals surface area contributed by atoms with Crippen LogP contribution >= 0.6 is 0 Å². The number of nitrogens with zero attached hydrogens (tertiary/aromatic N) is 2. The second kappa shape index (κ2) is 9.01. The van der Waals surface area contributed by atoms with E-state index in [0.29, 0.717) is 17.7 Å². The second-order valence-corrected chi connectivity index (χ2v) is 6.62. The maximum absolute atomic E-state index is 13.9. The number of hydrogen-bond donors (Lipinski definition) is 3. The molecule has 3 aromatic rings. The lowest BCUT2D eigenvalue weighted by molar-refractivity contribution is -0.135. The van der Waals surface area contributed by atoms with E-state index in [0.717, 1.165) is 11.1 Å². The molecule has 0 aliphatic rings. The smallest absolute Gasteiger partial charge is 0.322 e. The number of aliphatic carboxylic acids is 1. The molecule has 0 bridgehead atoms. The van der Waals surface area contributed by atoms with Crippen molar-refractivity contribution in [2.24, 2.45) is 10.7 Å². The molecule has 3 rings (SSSR count). The number of nitrogens with one attached hydrogen (secondary N) is 1. The van der Waals surface area contributed by atoms with Crippen LogP contribution in [0.1, 0.15) is 24.1 Å². The van der Waals surface area contributed by atoms with E-state index in [9.17, 15) is 9.18 Å². The number of benzene rings is 2. The predicted molar refractivity (Wildman–Crippen MR) is 107 cm³/mol. The quantitative estimate of drug-likeness (QED) is 0.416. The molecule has 0 aliphatic heterocycles. The van der Waals surface area contributed by atoms with Gasteiger partial charge in [0.2, 0.25) is 0 Å². The Labute approximate surface area is 167 Å². The number of aromatic nitrogens is 1. The summed E-state index contributed by atoms with van der Waals surface area (Å²) in [6.07, 6.45) is 0.708. The van der Waals surface area contributed by atoms with Crippen molar-refractivity contribution in [2.45, 2.75) is 19.3 Å². The van der Waals surface area contributed by atoms with Crippen LogP contribution in [0.15, 0.2) is 64.1 Å². The van der Waals surface area contributed by atoms with Crippen LogP contribution in [0.3, 0.4) is 0 Å². The van der Waals surface area contributed by atoms with Gasteiger partial charge in [0.05, 0.1) is 5.69 Å². The number of hydrogen-bond acceptors (Lipinski definition) is 4. The van der Waals surface area contributed by atoms with Crippen molar-refractivity contribution in [1.82, 2.24) is 10.5 Å². The fourth-order valence-electron chi connectivity index (χ4n) is 2.86. The molecular formula is C21H21FN4O3.